The fraction of sp³-hybridized carbons (Fsp3) is 0.355. The molecule has 0 aliphatic heterocycles. The van der Waals surface area contributed by atoms with Crippen molar-refractivity contribution in [2.45, 2.75) is 70.3 Å². The van der Waals surface area contributed by atoms with Crippen LogP contribution in [0.25, 0.3) is 0 Å². The molecular formula is C31H35Cl2NO2. The van der Waals surface area contributed by atoms with Gasteiger partial charge in [-0.3, -0.25) is 9.59 Å². The van der Waals surface area contributed by atoms with E-state index in [1.165, 1.54) is 5.56 Å². The van der Waals surface area contributed by atoms with Gasteiger partial charge in [-0.25, -0.2) is 0 Å². The summed E-state index contributed by atoms with van der Waals surface area (Å²) in [4.78, 5) is 24.8. The zero-order chi connectivity index (χ0) is 25.8. The Bertz CT molecular complexity index is 1080. The molecule has 5 heteroatoms. The van der Waals surface area contributed by atoms with Crippen molar-refractivity contribution in [1.29, 1.82) is 0 Å². The molecular weight excluding hydrogens is 489 g/mol. The van der Waals surface area contributed by atoms with Gasteiger partial charge in [0.2, 0.25) is 5.91 Å². The Morgan fingerprint density at radius 2 is 1.28 bits per heavy atom. The molecule has 0 aliphatic rings. The first-order chi connectivity index (χ1) is 17.4. The highest BCUT2D eigenvalue weighted by Crippen LogP contribution is 2.27. The molecule has 0 fully saturated rings. The van der Waals surface area contributed by atoms with Crippen LogP contribution in [0, 0.1) is 0 Å². The Kier molecular flexibility index (Phi) is 11.5. The lowest BCUT2D eigenvalue weighted by atomic mass is 9.86. The van der Waals surface area contributed by atoms with Crippen LogP contribution in [0.3, 0.4) is 0 Å². The summed E-state index contributed by atoms with van der Waals surface area (Å²) in [6.45, 7) is 2.07. The van der Waals surface area contributed by atoms with E-state index in [2.05, 4.69) is 12.2 Å². The molecule has 3 nitrogen and oxygen atoms in total. The van der Waals surface area contributed by atoms with Gasteiger partial charge in [-0.1, -0.05) is 97.1 Å². The molecule has 3 aromatic rings. The Morgan fingerprint density at radius 1 is 0.722 bits per heavy atom. The van der Waals surface area contributed by atoms with Crippen LogP contribution in [0.2, 0.25) is 10.0 Å². The van der Waals surface area contributed by atoms with E-state index in [1.807, 2.05) is 78.9 Å². The van der Waals surface area contributed by atoms with Gasteiger partial charge in [-0.15, -0.1) is 0 Å². The number of unbranched alkanes of at least 4 members (excludes halogenated alkanes) is 4. The summed E-state index contributed by atoms with van der Waals surface area (Å²) < 4.78 is 0. The summed E-state index contributed by atoms with van der Waals surface area (Å²) >= 11 is 12.2. The number of rotatable bonds is 14. The third-order valence-electron chi connectivity index (χ3n) is 6.56. The topological polar surface area (TPSA) is 46.2 Å². The van der Waals surface area contributed by atoms with Crippen LogP contribution in [-0.4, -0.2) is 17.7 Å². The summed E-state index contributed by atoms with van der Waals surface area (Å²) in [5.74, 6) is 0.407. The van der Waals surface area contributed by atoms with Gasteiger partial charge in [0, 0.05) is 40.4 Å². The van der Waals surface area contributed by atoms with Crippen molar-refractivity contribution in [2.75, 3.05) is 0 Å². The first kappa shape index (κ1) is 28.0. The van der Waals surface area contributed by atoms with Crippen LogP contribution < -0.4 is 5.32 Å². The van der Waals surface area contributed by atoms with Gasteiger partial charge >= 0.3 is 0 Å². The molecule has 3 rings (SSSR count). The second-order valence-corrected chi connectivity index (χ2v) is 10.3. The van der Waals surface area contributed by atoms with Gasteiger partial charge in [0.05, 0.1) is 0 Å². The maximum absolute atomic E-state index is 12.7. The van der Waals surface area contributed by atoms with Crippen LogP contribution >= 0.6 is 23.2 Å². The fourth-order valence-electron chi connectivity index (χ4n) is 4.46. The largest absolute Gasteiger partial charge is 0.353 e. The second kappa shape index (κ2) is 14.8. The lowest BCUT2D eigenvalue weighted by Crippen LogP contribution is -2.37. The number of halogens is 2. The maximum atomic E-state index is 12.7. The van der Waals surface area contributed by atoms with E-state index >= 15 is 0 Å². The molecule has 0 bridgehead atoms. The minimum absolute atomic E-state index is 0.0293. The Balaban J connectivity index is 1.41. The summed E-state index contributed by atoms with van der Waals surface area (Å²) in [6, 6.07) is 25.2. The van der Waals surface area contributed by atoms with Crippen molar-refractivity contribution >= 4 is 34.9 Å². The molecule has 0 heterocycles. The molecule has 1 amide bonds. The van der Waals surface area contributed by atoms with E-state index in [0.29, 0.717) is 22.9 Å². The first-order valence-corrected chi connectivity index (χ1v) is 13.6. The number of amides is 1. The lowest BCUT2D eigenvalue weighted by Gasteiger charge is -2.26. The van der Waals surface area contributed by atoms with Gasteiger partial charge in [0.15, 0.2) is 5.78 Å². The van der Waals surface area contributed by atoms with Crippen LogP contribution in [-0.2, 0) is 11.2 Å². The average Bonchev–Trinajstić information content (AvgIpc) is 2.88. The quantitative estimate of drug-likeness (QED) is 0.170. The molecule has 36 heavy (non-hydrogen) atoms. The molecule has 0 spiro atoms. The number of Topliss-reactive ketones (excluding diaryl/α,β-unsaturated/α-hetero) is 1. The van der Waals surface area contributed by atoms with Crippen LogP contribution in [0.15, 0.2) is 78.9 Å². The molecule has 0 saturated carbocycles. The van der Waals surface area contributed by atoms with Gasteiger partial charge < -0.3 is 5.32 Å². The minimum atomic E-state index is -0.0293. The van der Waals surface area contributed by atoms with Crippen molar-refractivity contribution < 1.29 is 9.59 Å². The highest BCUT2D eigenvalue weighted by atomic mass is 35.5. The molecule has 0 saturated heterocycles. The molecule has 3 aromatic carbocycles. The van der Waals surface area contributed by atoms with E-state index in [-0.39, 0.29) is 23.7 Å². The normalized spacial score (nSPS) is 12.6. The predicted molar refractivity (Wildman–Crippen MR) is 150 cm³/mol. The van der Waals surface area contributed by atoms with Crippen LogP contribution in [0.4, 0.5) is 0 Å². The Hall–Kier alpha value is -2.62. The molecule has 190 valence electrons. The highest BCUT2D eigenvalue weighted by molar-refractivity contribution is 6.30. The number of hydrogen-bond donors (Lipinski definition) is 1. The summed E-state index contributed by atoms with van der Waals surface area (Å²) in [6.07, 6.45) is 6.68. The van der Waals surface area contributed by atoms with E-state index in [0.717, 1.165) is 49.7 Å². The second-order valence-electron chi connectivity index (χ2n) is 9.40. The van der Waals surface area contributed by atoms with Gasteiger partial charge in [0.25, 0.3) is 0 Å². The van der Waals surface area contributed by atoms with E-state index in [9.17, 15) is 9.59 Å². The van der Waals surface area contributed by atoms with Crippen LogP contribution in [0.5, 0.6) is 0 Å². The number of carbonyl (C=O) groups is 2. The summed E-state index contributed by atoms with van der Waals surface area (Å²) in [5, 5.41) is 4.63. The molecule has 2 atom stereocenters. The third-order valence-corrected chi connectivity index (χ3v) is 7.07. The molecule has 1 N–H and O–H groups in total. The smallest absolute Gasteiger partial charge is 0.220 e. The molecule has 0 radical (unpaired) electrons. The number of ketones is 1. The van der Waals surface area contributed by atoms with Gasteiger partial charge in [0.1, 0.15) is 0 Å². The molecule has 0 aromatic heterocycles. The molecule has 0 aliphatic carbocycles. The number of nitrogens with one attached hydrogen (secondary N) is 1. The Morgan fingerprint density at radius 3 is 1.92 bits per heavy atom. The third kappa shape index (κ3) is 9.44. The van der Waals surface area contributed by atoms with Crippen molar-refractivity contribution in [3.63, 3.8) is 0 Å². The number of hydrogen-bond acceptors (Lipinski definition) is 2. The minimum Gasteiger partial charge on any atom is -0.353 e. The van der Waals surface area contributed by atoms with Crippen molar-refractivity contribution in [2.24, 2.45) is 0 Å². The van der Waals surface area contributed by atoms with E-state index in [4.69, 9.17) is 23.2 Å². The Labute approximate surface area is 225 Å². The standard InChI is InChI=1S/C31H35Cl2NO2/c1-23(29(25-16-20-28(33)21-17-25)22-24-14-18-27(32)19-15-24)34-31(36)13-9-4-2-3-8-12-30(35)26-10-6-5-7-11-26/h5-7,10-11,14-21,23,29H,2-4,8-9,12-13,22H2,1H3,(H,34,36). The highest BCUT2D eigenvalue weighted by Gasteiger charge is 2.21. The molecule has 2 unspecified atom stereocenters. The predicted octanol–water partition coefficient (Wildman–Crippen LogP) is 8.44. The van der Waals surface area contributed by atoms with Crippen molar-refractivity contribution in [3.8, 4) is 0 Å². The maximum Gasteiger partial charge on any atom is 0.220 e. The van der Waals surface area contributed by atoms with E-state index in [1.54, 1.807) is 0 Å². The summed E-state index contributed by atoms with van der Waals surface area (Å²) in [5.41, 5.74) is 3.11. The summed E-state index contributed by atoms with van der Waals surface area (Å²) in [7, 11) is 0. The zero-order valence-corrected chi connectivity index (χ0v) is 22.4. The van der Waals surface area contributed by atoms with Crippen LogP contribution in [0.1, 0.15) is 79.3 Å². The fourth-order valence-corrected chi connectivity index (χ4v) is 4.72. The first-order valence-electron chi connectivity index (χ1n) is 12.8. The monoisotopic (exact) mass is 523 g/mol. The van der Waals surface area contributed by atoms with Crippen molar-refractivity contribution in [1.82, 2.24) is 5.32 Å². The lowest BCUT2D eigenvalue weighted by molar-refractivity contribution is -0.121. The van der Waals surface area contributed by atoms with Gasteiger partial charge in [-0.05, 0) is 61.6 Å². The van der Waals surface area contributed by atoms with Crippen molar-refractivity contribution in [3.05, 3.63) is 106 Å². The van der Waals surface area contributed by atoms with Gasteiger partial charge in [-0.2, -0.15) is 0 Å². The van der Waals surface area contributed by atoms with E-state index < -0.39 is 0 Å². The average molecular weight is 525 g/mol. The SMILES string of the molecule is CC(NC(=O)CCCCCCCC(=O)c1ccccc1)C(Cc1ccc(Cl)cc1)c1ccc(Cl)cc1. The number of benzene rings is 3. The number of carbonyl (C=O) groups excluding carboxylic acids is 2. The zero-order valence-electron chi connectivity index (χ0n) is 20.9.